The van der Waals surface area contributed by atoms with Gasteiger partial charge in [-0.3, -0.25) is 4.79 Å². The Morgan fingerprint density at radius 2 is 1.65 bits per heavy atom. The number of carbonyl (C=O) groups excluding carboxylic acids is 1. The first-order valence-corrected chi connectivity index (χ1v) is 14.3. The van der Waals surface area contributed by atoms with Crippen LogP contribution in [0.15, 0.2) is 53.6 Å². The number of alkyl halides is 3. The molecule has 0 radical (unpaired) electrons. The van der Waals surface area contributed by atoms with Gasteiger partial charge in [0.15, 0.2) is 0 Å². The van der Waals surface area contributed by atoms with Crippen LogP contribution in [0.4, 0.5) is 19.0 Å². The normalized spacial score (nSPS) is 17.1. The van der Waals surface area contributed by atoms with E-state index in [-0.39, 0.29) is 16.7 Å². The number of piperidine rings is 1. The van der Waals surface area contributed by atoms with Crippen LogP contribution in [0.3, 0.4) is 0 Å². The summed E-state index contributed by atoms with van der Waals surface area (Å²) in [7, 11) is -3.63. The highest BCUT2D eigenvalue weighted by Gasteiger charge is 2.38. The van der Waals surface area contributed by atoms with Gasteiger partial charge in [-0.25, -0.2) is 18.2 Å². The number of carboxylic acid groups (broad SMARTS) is 1. The molecule has 0 atom stereocenters. The third-order valence-corrected chi connectivity index (χ3v) is 8.53. The average Bonchev–Trinajstić information content (AvgIpc) is 2.96. The van der Waals surface area contributed by atoms with E-state index in [4.69, 9.17) is 14.6 Å². The maximum absolute atomic E-state index is 13.1. The third kappa shape index (κ3) is 8.38. The van der Waals surface area contributed by atoms with Crippen LogP contribution in [0, 0.1) is 5.92 Å². The van der Waals surface area contributed by atoms with E-state index in [0.29, 0.717) is 52.2 Å². The van der Waals surface area contributed by atoms with Gasteiger partial charge in [-0.15, -0.1) is 0 Å². The van der Waals surface area contributed by atoms with Gasteiger partial charge >= 0.3 is 12.1 Å². The highest BCUT2D eigenvalue weighted by atomic mass is 32.2. The van der Waals surface area contributed by atoms with E-state index in [1.165, 1.54) is 10.5 Å². The van der Waals surface area contributed by atoms with E-state index >= 15 is 0 Å². The molecule has 2 aliphatic rings. The van der Waals surface area contributed by atoms with Crippen LogP contribution < -0.4 is 4.90 Å². The maximum Gasteiger partial charge on any atom is 0.490 e. The molecule has 2 aliphatic heterocycles. The number of halogens is 3. The number of aromatic nitrogens is 1. The van der Waals surface area contributed by atoms with Crippen LogP contribution in [0.25, 0.3) is 0 Å². The van der Waals surface area contributed by atoms with Crippen molar-refractivity contribution in [2.75, 3.05) is 50.8 Å². The molecule has 1 aromatic heterocycles. The lowest BCUT2D eigenvalue weighted by atomic mass is 9.96. The molecular formula is C26H33F3N4O6S. The number of carbonyl (C=O) groups is 2. The summed E-state index contributed by atoms with van der Waals surface area (Å²) in [5, 5.41) is 7.12. The fourth-order valence-electron chi connectivity index (χ4n) is 4.40. The molecule has 0 bridgehead atoms. The molecule has 14 heteroatoms. The average molecular weight is 587 g/mol. The number of anilines is 1. The Balaban J connectivity index is 0.000000559. The molecule has 10 nitrogen and oxygen atoms in total. The van der Waals surface area contributed by atoms with Gasteiger partial charge in [0.05, 0.1) is 13.2 Å². The van der Waals surface area contributed by atoms with Crippen molar-refractivity contribution < 1.29 is 41.0 Å². The summed E-state index contributed by atoms with van der Waals surface area (Å²) in [4.78, 5) is 30.5. The number of rotatable bonds is 7. The SMILES string of the molecule is CCN(Cc1ccccc1)C(=O)C1CCN(S(=O)(=O)c2ccc(N3CCOCC3)nc2)CC1.O=C(O)C(F)(F)F. The number of hydrogen-bond acceptors (Lipinski definition) is 7. The molecule has 0 unspecified atom stereocenters. The molecule has 0 aliphatic carbocycles. The molecule has 2 aromatic rings. The van der Waals surface area contributed by atoms with Gasteiger partial charge < -0.3 is 19.6 Å². The highest BCUT2D eigenvalue weighted by Crippen LogP contribution is 2.26. The second-order valence-electron chi connectivity index (χ2n) is 9.27. The number of ether oxygens (including phenoxy) is 1. The summed E-state index contributed by atoms with van der Waals surface area (Å²) < 4.78 is 64.9. The minimum atomic E-state index is -5.08. The van der Waals surface area contributed by atoms with Crippen molar-refractivity contribution in [2.24, 2.45) is 5.92 Å². The minimum absolute atomic E-state index is 0.106. The number of morpholine rings is 1. The van der Waals surface area contributed by atoms with Crippen molar-refractivity contribution in [3.63, 3.8) is 0 Å². The lowest BCUT2D eigenvalue weighted by Gasteiger charge is -2.33. The number of pyridine rings is 1. The molecule has 2 fully saturated rings. The Kier molecular flexibility index (Phi) is 10.9. The zero-order valence-electron chi connectivity index (χ0n) is 22.1. The third-order valence-electron chi connectivity index (χ3n) is 6.65. The van der Waals surface area contributed by atoms with Crippen molar-refractivity contribution in [1.29, 1.82) is 0 Å². The van der Waals surface area contributed by atoms with Gasteiger partial charge in [-0.1, -0.05) is 30.3 Å². The van der Waals surface area contributed by atoms with Crippen molar-refractivity contribution in [1.82, 2.24) is 14.2 Å². The smallest absolute Gasteiger partial charge is 0.475 e. The number of amides is 1. The Bertz CT molecular complexity index is 1220. The van der Waals surface area contributed by atoms with Gasteiger partial charge in [0.25, 0.3) is 0 Å². The van der Waals surface area contributed by atoms with E-state index in [0.717, 1.165) is 24.5 Å². The molecule has 0 saturated carbocycles. The van der Waals surface area contributed by atoms with E-state index in [1.54, 1.807) is 12.1 Å². The summed E-state index contributed by atoms with van der Waals surface area (Å²) >= 11 is 0. The van der Waals surface area contributed by atoms with Crippen LogP contribution in [0.1, 0.15) is 25.3 Å². The minimum Gasteiger partial charge on any atom is -0.475 e. The molecule has 1 N–H and O–H groups in total. The molecule has 3 heterocycles. The predicted octanol–water partition coefficient (Wildman–Crippen LogP) is 3.00. The zero-order valence-corrected chi connectivity index (χ0v) is 22.9. The number of carboxylic acids is 1. The van der Waals surface area contributed by atoms with Gasteiger partial charge in [0, 0.05) is 51.4 Å². The van der Waals surface area contributed by atoms with E-state index in [9.17, 15) is 26.4 Å². The lowest BCUT2D eigenvalue weighted by Crippen LogP contribution is -2.44. The van der Waals surface area contributed by atoms with Crippen molar-refractivity contribution in [3.05, 3.63) is 54.2 Å². The van der Waals surface area contributed by atoms with E-state index < -0.39 is 22.2 Å². The largest absolute Gasteiger partial charge is 0.490 e. The van der Waals surface area contributed by atoms with Gasteiger partial charge in [0.2, 0.25) is 15.9 Å². The van der Waals surface area contributed by atoms with Crippen molar-refractivity contribution >= 4 is 27.7 Å². The molecular weight excluding hydrogens is 553 g/mol. The Morgan fingerprint density at radius 1 is 1.05 bits per heavy atom. The number of hydrogen-bond donors (Lipinski definition) is 1. The monoisotopic (exact) mass is 586 g/mol. The van der Waals surface area contributed by atoms with E-state index in [2.05, 4.69) is 9.88 Å². The first-order chi connectivity index (χ1) is 18.9. The lowest BCUT2D eigenvalue weighted by molar-refractivity contribution is -0.192. The summed E-state index contributed by atoms with van der Waals surface area (Å²) in [5.41, 5.74) is 1.10. The second kappa shape index (κ2) is 13.9. The number of nitrogens with zero attached hydrogens (tertiary/aromatic N) is 4. The summed E-state index contributed by atoms with van der Waals surface area (Å²) in [6.07, 6.45) is -2.58. The van der Waals surface area contributed by atoms with Crippen LogP contribution >= 0.6 is 0 Å². The predicted molar refractivity (Wildman–Crippen MR) is 140 cm³/mol. The molecule has 1 amide bonds. The molecule has 40 heavy (non-hydrogen) atoms. The number of aliphatic carboxylic acids is 1. The molecule has 1 aromatic carbocycles. The molecule has 2 saturated heterocycles. The first kappa shape index (κ1) is 31.3. The molecule has 0 spiro atoms. The van der Waals surface area contributed by atoms with Gasteiger partial charge in [-0.05, 0) is 37.5 Å². The van der Waals surface area contributed by atoms with Crippen LogP contribution in [-0.2, 0) is 30.9 Å². The highest BCUT2D eigenvalue weighted by molar-refractivity contribution is 7.89. The maximum atomic E-state index is 13.1. The second-order valence-corrected chi connectivity index (χ2v) is 11.2. The summed E-state index contributed by atoms with van der Waals surface area (Å²) in [6, 6.07) is 13.3. The molecule has 220 valence electrons. The Labute approximate surface area is 231 Å². The van der Waals surface area contributed by atoms with Gasteiger partial charge in [-0.2, -0.15) is 17.5 Å². The topological polar surface area (TPSA) is 120 Å². The fourth-order valence-corrected chi connectivity index (χ4v) is 5.82. The summed E-state index contributed by atoms with van der Waals surface area (Å²) in [5.74, 6) is -2.04. The van der Waals surface area contributed by atoms with Crippen LogP contribution in [-0.4, -0.2) is 91.7 Å². The summed E-state index contributed by atoms with van der Waals surface area (Å²) in [6.45, 7) is 6.67. The van der Waals surface area contributed by atoms with Crippen LogP contribution in [0.2, 0.25) is 0 Å². The Morgan fingerprint density at radius 3 is 2.15 bits per heavy atom. The standard InChI is InChI=1S/C24H32N4O4S.C2HF3O2/c1-2-26(19-20-6-4-3-5-7-20)24(29)21-10-12-28(13-11-21)33(30,31)22-8-9-23(25-18-22)27-14-16-32-17-15-27;3-2(4,5)1(6)7/h3-9,18,21H,2,10-17,19H2,1H3;(H,6,7). The van der Waals surface area contributed by atoms with Crippen molar-refractivity contribution in [3.8, 4) is 0 Å². The first-order valence-electron chi connectivity index (χ1n) is 12.8. The van der Waals surface area contributed by atoms with Crippen molar-refractivity contribution in [2.45, 2.75) is 37.4 Å². The van der Waals surface area contributed by atoms with Crippen LogP contribution in [0.5, 0.6) is 0 Å². The van der Waals surface area contributed by atoms with Gasteiger partial charge in [0.1, 0.15) is 10.7 Å². The molecule has 4 rings (SSSR count). The quantitative estimate of drug-likeness (QED) is 0.526. The zero-order chi connectivity index (χ0) is 29.3. The Hall–Kier alpha value is -3.23. The number of sulfonamides is 1. The fraction of sp³-hybridized carbons (Fsp3) is 0.500. The number of benzene rings is 1. The van der Waals surface area contributed by atoms with E-state index in [1.807, 2.05) is 42.2 Å².